The molecule has 0 fully saturated rings. The fourth-order valence-corrected chi connectivity index (χ4v) is 3.75. The van der Waals surface area contributed by atoms with Gasteiger partial charge in [0.1, 0.15) is 0 Å². The summed E-state index contributed by atoms with van der Waals surface area (Å²) >= 11 is 0. The normalized spacial score (nSPS) is 15.8. The maximum atomic E-state index is 12.3. The zero-order valence-corrected chi connectivity index (χ0v) is 11.8. The Bertz CT molecular complexity index is 602. The number of rotatable bonds is 5. The first-order valence-electron chi connectivity index (χ1n) is 6.58. The van der Waals surface area contributed by atoms with Crippen LogP contribution in [0.2, 0.25) is 0 Å². The summed E-state index contributed by atoms with van der Waals surface area (Å²) in [6, 6.07) is 7.02. The van der Waals surface area contributed by atoms with Crippen molar-refractivity contribution in [3.05, 3.63) is 29.3 Å². The van der Waals surface area contributed by atoms with Crippen LogP contribution in [0.4, 0.5) is 0 Å². The standard InChI is InChI=1S/C14H18N2O2S/c1-2-13(8-9-15)16-19(17,18)14-7-6-11-4-3-5-12(11)10-14/h6-7,10,13,16H,2-5,8H2,1H3. The van der Waals surface area contributed by atoms with Crippen LogP contribution in [0.25, 0.3) is 0 Å². The summed E-state index contributed by atoms with van der Waals surface area (Å²) in [5.41, 5.74) is 2.39. The largest absolute Gasteiger partial charge is 0.240 e. The van der Waals surface area contributed by atoms with Crippen molar-refractivity contribution in [2.24, 2.45) is 0 Å². The van der Waals surface area contributed by atoms with E-state index in [1.165, 1.54) is 5.56 Å². The van der Waals surface area contributed by atoms with Crippen LogP contribution in [0, 0.1) is 11.3 Å². The highest BCUT2D eigenvalue weighted by Gasteiger charge is 2.21. The Hall–Kier alpha value is -1.38. The van der Waals surface area contributed by atoms with E-state index in [4.69, 9.17) is 5.26 Å². The summed E-state index contributed by atoms with van der Waals surface area (Å²) in [6.45, 7) is 1.87. The van der Waals surface area contributed by atoms with Gasteiger partial charge in [0.05, 0.1) is 17.4 Å². The second-order valence-electron chi connectivity index (χ2n) is 4.87. The third-order valence-corrected chi connectivity index (χ3v) is 5.05. The van der Waals surface area contributed by atoms with Gasteiger partial charge in [0.2, 0.25) is 10.0 Å². The molecule has 0 saturated heterocycles. The monoisotopic (exact) mass is 278 g/mol. The predicted octanol–water partition coefficient (Wildman–Crippen LogP) is 2.15. The zero-order valence-electron chi connectivity index (χ0n) is 11.0. The van der Waals surface area contributed by atoms with E-state index in [9.17, 15) is 8.42 Å². The molecule has 4 nitrogen and oxygen atoms in total. The number of hydrogen-bond acceptors (Lipinski definition) is 3. The molecular formula is C14H18N2O2S. The number of benzene rings is 1. The van der Waals surface area contributed by atoms with Crippen molar-refractivity contribution in [3.8, 4) is 6.07 Å². The van der Waals surface area contributed by atoms with Gasteiger partial charge < -0.3 is 0 Å². The molecule has 19 heavy (non-hydrogen) atoms. The fourth-order valence-electron chi connectivity index (χ4n) is 2.38. The van der Waals surface area contributed by atoms with E-state index in [-0.39, 0.29) is 12.5 Å². The molecule has 102 valence electrons. The summed E-state index contributed by atoms with van der Waals surface area (Å²) in [4.78, 5) is 0.310. The van der Waals surface area contributed by atoms with Crippen molar-refractivity contribution >= 4 is 10.0 Å². The third-order valence-electron chi connectivity index (χ3n) is 3.53. The van der Waals surface area contributed by atoms with Crippen molar-refractivity contribution in [1.82, 2.24) is 4.72 Å². The maximum Gasteiger partial charge on any atom is 0.240 e. The third kappa shape index (κ3) is 3.14. The van der Waals surface area contributed by atoms with Crippen molar-refractivity contribution in [2.75, 3.05) is 0 Å². The van der Waals surface area contributed by atoms with Gasteiger partial charge in [-0.25, -0.2) is 13.1 Å². The highest BCUT2D eigenvalue weighted by Crippen LogP contribution is 2.24. The van der Waals surface area contributed by atoms with Crippen LogP contribution in [0.3, 0.4) is 0 Å². The highest BCUT2D eigenvalue weighted by molar-refractivity contribution is 7.89. The van der Waals surface area contributed by atoms with E-state index in [1.54, 1.807) is 12.1 Å². The Morgan fingerprint density at radius 2 is 2.11 bits per heavy atom. The summed E-state index contributed by atoms with van der Waals surface area (Å²) < 4.78 is 27.1. The second-order valence-corrected chi connectivity index (χ2v) is 6.59. The topological polar surface area (TPSA) is 70.0 Å². The minimum atomic E-state index is -3.52. The van der Waals surface area contributed by atoms with Crippen molar-refractivity contribution in [3.63, 3.8) is 0 Å². The number of nitrogens with zero attached hydrogens (tertiary/aromatic N) is 1. The van der Waals surface area contributed by atoms with Gasteiger partial charge in [-0.2, -0.15) is 5.26 Å². The molecule has 1 atom stereocenters. The fraction of sp³-hybridized carbons (Fsp3) is 0.500. The van der Waals surface area contributed by atoms with Gasteiger partial charge in [0.15, 0.2) is 0 Å². The van der Waals surface area contributed by atoms with Gasteiger partial charge in [-0.15, -0.1) is 0 Å². The van der Waals surface area contributed by atoms with E-state index in [2.05, 4.69) is 4.72 Å². The molecule has 1 unspecified atom stereocenters. The Balaban J connectivity index is 2.22. The lowest BCUT2D eigenvalue weighted by atomic mass is 10.1. The summed E-state index contributed by atoms with van der Waals surface area (Å²) in [7, 11) is -3.52. The Morgan fingerprint density at radius 1 is 1.37 bits per heavy atom. The first-order valence-corrected chi connectivity index (χ1v) is 8.06. The Labute approximate surface area is 114 Å². The predicted molar refractivity (Wildman–Crippen MR) is 73.1 cm³/mol. The molecule has 0 saturated carbocycles. The highest BCUT2D eigenvalue weighted by atomic mass is 32.2. The lowest BCUT2D eigenvalue weighted by Crippen LogP contribution is -2.34. The number of aryl methyl sites for hydroxylation is 2. The second kappa shape index (κ2) is 5.72. The molecular weight excluding hydrogens is 260 g/mol. The molecule has 5 heteroatoms. The number of hydrogen-bond donors (Lipinski definition) is 1. The molecule has 0 bridgehead atoms. The van der Waals surface area contributed by atoms with E-state index >= 15 is 0 Å². The van der Waals surface area contributed by atoms with E-state index in [1.807, 2.05) is 19.1 Å². The van der Waals surface area contributed by atoms with E-state index in [0.29, 0.717) is 11.3 Å². The van der Waals surface area contributed by atoms with Gasteiger partial charge in [0.25, 0.3) is 0 Å². The molecule has 0 aliphatic heterocycles. The zero-order chi connectivity index (χ0) is 13.9. The van der Waals surface area contributed by atoms with Crippen LogP contribution < -0.4 is 4.72 Å². The van der Waals surface area contributed by atoms with Crippen LogP contribution in [-0.2, 0) is 22.9 Å². The maximum absolute atomic E-state index is 12.3. The first-order chi connectivity index (χ1) is 9.06. The van der Waals surface area contributed by atoms with Crippen molar-refractivity contribution in [1.29, 1.82) is 5.26 Å². The summed E-state index contributed by atoms with van der Waals surface area (Å²) in [6.07, 6.45) is 3.89. The molecule has 0 amide bonds. The number of sulfonamides is 1. The van der Waals surface area contributed by atoms with E-state index in [0.717, 1.165) is 24.8 Å². The Morgan fingerprint density at radius 3 is 2.79 bits per heavy atom. The number of fused-ring (bicyclic) bond motifs is 1. The molecule has 2 rings (SSSR count). The SMILES string of the molecule is CCC(CC#N)NS(=O)(=O)c1ccc2c(c1)CCC2. The average Bonchev–Trinajstić information content (AvgIpc) is 2.85. The molecule has 1 N–H and O–H groups in total. The van der Waals surface area contributed by atoms with Crippen molar-refractivity contribution < 1.29 is 8.42 Å². The summed E-state index contributed by atoms with van der Waals surface area (Å²) in [5, 5.41) is 8.68. The van der Waals surface area contributed by atoms with Gasteiger partial charge in [0, 0.05) is 6.04 Å². The van der Waals surface area contributed by atoms with Crippen molar-refractivity contribution in [2.45, 2.75) is 50.0 Å². The van der Waals surface area contributed by atoms with Crippen LogP contribution >= 0.6 is 0 Å². The molecule has 1 aromatic rings. The lowest BCUT2D eigenvalue weighted by Gasteiger charge is -2.14. The first kappa shape index (κ1) is 14.0. The van der Waals surface area contributed by atoms with Gasteiger partial charge in [-0.3, -0.25) is 0 Å². The number of nitrogens with one attached hydrogen (secondary N) is 1. The molecule has 1 aliphatic carbocycles. The quantitative estimate of drug-likeness (QED) is 0.897. The van der Waals surface area contributed by atoms with Crippen LogP contribution in [0.15, 0.2) is 23.1 Å². The van der Waals surface area contributed by atoms with Crippen LogP contribution in [0.5, 0.6) is 0 Å². The van der Waals surface area contributed by atoms with Gasteiger partial charge >= 0.3 is 0 Å². The van der Waals surface area contributed by atoms with Gasteiger partial charge in [-0.05, 0) is 48.9 Å². The average molecular weight is 278 g/mol. The molecule has 0 spiro atoms. The molecule has 1 aliphatic rings. The number of nitriles is 1. The molecule has 1 aromatic carbocycles. The molecule has 0 radical (unpaired) electrons. The lowest BCUT2D eigenvalue weighted by molar-refractivity contribution is 0.543. The van der Waals surface area contributed by atoms with E-state index < -0.39 is 10.0 Å². The van der Waals surface area contributed by atoms with Crippen LogP contribution in [0.1, 0.15) is 37.3 Å². The minimum absolute atomic E-state index is 0.195. The van der Waals surface area contributed by atoms with Gasteiger partial charge in [-0.1, -0.05) is 13.0 Å². The Kier molecular flexibility index (Phi) is 4.23. The molecule has 0 heterocycles. The minimum Gasteiger partial charge on any atom is -0.207 e. The smallest absolute Gasteiger partial charge is 0.207 e. The summed E-state index contributed by atoms with van der Waals surface area (Å²) in [5.74, 6) is 0. The van der Waals surface area contributed by atoms with Crippen LogP contribution in [-0.4, -0.2) is 14.5 Å². The molecule has 0 aromatic heterocycles.